The first kappa shape index (κ1) is 11.2. The first-order chi connectivity index (χ1) is 6.74. The van der Waals surface area contributed by atoms with Gasteiger partial charge in [0.2, 0.25) is 5.78 Å². The summed E-state index contributed by atoms with van der Waals surface area (Å²) in [5.41, 5.74) is 0. The Morgan fingerprint density at radius 1 is 1.21 bits per heavy atom. The van der Waals surface area contributed by atoms with E-state index in [0.717, 1.165) is 25.7 Å². The molecule has 1 fully saturated rings. The Balaban J connectivity index is 2.28. The second-order valence-electron chi connectivity index (χ2n) is 3.84. The molecule has 0 atom stereocenters. The predicted octanol–water partition coefficient (Wildman–Crippen LogP) is 2.23. The van der Waals surface area contributed by atoms with Crippen LogP contribution in [0.3, 0.4) is 0 Å². The minimum atomic E-state index is -0.626. The van der Waals surface area contributed by atoms with Gasteiger partial charge in [-0.1, -0.05) is 13.3 Å². The van der Waals surface area contributed by atoms with Gasteiger partial charge in [0.15, 0.2) is 0 Å². The Labute approximate surface area is 84.8 Å². The van der Waals surface area contributed by atoms with Crippen LogP contribution in [0.1, 0.15) is 51.9 Å². The summed E-state index contributed by atoms with van der Waals surface area (Å²) in [6.07, 6.45) is 6.30. The average Bonchev–Trinajstić information content (AvgIpc) is 2.19. The Morgan fingerprint density at radius 3 is 2.43 bits per heavy atom. The van der Waals surface area contributed by atoms with Crippen molar-refractivity contribution in [1.29, 1.82) is 0 Å². The minimum absolute atomic E-state index is 0.00273. The van der Waals surface area contributed by atoms with Crippen molar-refractivity contribution >= 4 is 11.8 Å². The zero-order chi connectivity index (χ0) is 10.4. The molecule has 1 rings (SSSR count). The molecule has 0 spiro atoms. The molecule has 0 radical (unpaired) electrons. The number of esters is 1. The van der Waals surface area contributed by atoms with Crippen LogP contribution in [0.15, 0.2) is 0 Å². The molecule has 1 saturated carbocycles. The number of rotatable bonds is 4. The molecule has 0 aliphatic heterocycles. The maximum absolute atomic E-state index is 11.2. The topological polar surface area (TPSA) is 43.4 Å². The number of carbonyl (C=O) groups excluding carboxylic acids is 2. The summed E-state index contributed by atoms with van der Waals surface area (Å²) in [6.45, 7) is 1.88. The molecule has 0 aromatic carbocycles. The molecule has 0 amide bonds. The van der Waals surface area contributed by atoms with E-state index in [9.17, 15) is 9.59 Å². The first-order valence-electron chi connectivity index (χ1n) is 5.48. The van der Waals surface area contributed by atoms with Crippen LogP contribution in [-0.4, -0.2) is 17.9 Å². The van der Waals surface area contributed by atoms with E-state index < -0.39 is 5.97 Å². The summed E-state index contributed by atoms with van der Waals surface area (Å²) in [5.74, 6) is -1.00. The molecule has 14 heavy (non-hydrogen) atoms. The fraction of sp³-hybridized carbons (Fsp3) is 0.818. The molecule has 0 N–H and O–H groups in total. The zero-order valence-corrected chi connectivity index (χ0v) is 8.75. The van der Waals surface area contributed by atoms with Crippen molar-refractivity contribution < 1.29 is 14.3 Å². The first-order valence-corrected chi connectivity index (χ1v) is 5.48. The van der Waals surface area contributed by atoms with Crippen LogP contribution >= 0.6 is 0 Å². The van der Waals surface area contributed by atoms with E-state index in [0.29, 0.717) is 12.8 Å². The van der Waals surface area contributed by atoms with Gasteiger partial charge in [0.25, 0.3) is 0 Å². The highest BCUT2D eigenvalue weighted by molar-refractivity contribution is 6.33. The van der Waals surface area contributed by atoms with Gasteiger partial charge in [-0.15, -0.1) is 0 Å². The zero-order valence-electron chi connectivity index (χ0n) is 8.75. The molecule has 80 valence electrons. The second-order valence-corrected chi connectivity index (χ2v) is 3.84. The summed E-state index contributed by atoms with van der Waals surface area (Å²) < 4.78 is 5.12. The lowest BCUT2D eigenvalue weighted by Gasteiger charge is -2.21. The highest BCUT2D eigenvalue weighted by Gasteiger charge is 2.21. The smallest absolute Gasteiger partial charge is 0.374 e. The van der Waals surface area contributed by atoms with E-state index in [1.165, 1.54) is 6.42 Å². The van der Waals surface area contributed by atoms with Crippen LogP contribution in [0.2, 0.25) is 0 Å². The number of Topliss-reactive ketones (excluding diaryl/α,β-unsaturated/α-hetero) is 1. The summed E-state index contributed by atoms with van der Waals surface area (Å²) in [7, 11) is 0. The van der Waals surface area contributed by atoms with Gasteiger partial charge in [0, 0.05) is 6.42 Å². The summed E-state index contributed by atoms with van der Waals surface area (Å²) in [4.78, 5) is 22.4. The molecular formula is C11H18O3. The molecule has 0 bridgehead atoms. The van der Waals surface area contributed by atoms with E-state index in [2.05, 4.69) is 0 Å². The lowest BCUT2D eigenvalue weighted by Crippen LogP contribution is -2.25. The van der Waals surface area contributed by atoms with Crippen LogP contribution in [0.5, 0.6) is 0 Å². The Hall–Kier alpha value is -0.860. The van der Waals surface area contributed by atoms with Crippen molar-refractivity contribution in [2.45, 2.75) is 58.0 Å². The maximum atomic E-state index is 11.2. The van der Waals surface area contributed by atoms with Crippen LogP contribution in [0.4, 0.5) is 0 Å². The Kier molecular flexibility index (Phi) is 4.63. The molecule has 3 heteroatoms. The number of ketones is 1. The van der Waals surface area contributed by atoms with Crippen molar-refractivity contribution in [1.82, 2.24) is 0 Å². The van der Waals surface area contributed by atoms with Crippen LogP contribution in [0, 0.1) is 0 Å². The van der Waals surface area contributed by atoms with Gasteiger partial charge in [0.05, 0.1) is 0 Å². The van der Waals surface area contributed by atoms with E-state index in [4.69, 9.17) is 4.74 Å². The van der Waals surface area contributed by atoms with Gasteiger partial charge in [-0.2, -0.15) is 0 Å². The van der Waals surface area contributed by atoms with Crippen LogP contribution in [0.25, 0.3) is 0 Å². The number of hydrogen-bond donors (Lipinski definition) is 0. The second kappa shape index (κ2) is 5.78. The highest BCUT2D eigenvalue weighted by Crippen LogP contribution is 2.20. The average molecular weight is 198 g/mol. The molecule has 3 nitrogen and oxygen atoms in total. The highest BCUT2D eigenvalue weighted by atomic mass is 16.5. The quantitative estimate of drug-likeness (QED) is 0.514. The molecule has 1 aliphatic rings. The predicted molar refractivity (Wildman–Crippen MR) is 52.9 cm³/mol. The summed E-state index contributed by atoms with van der Waals surface area (Å²) >= 11 is 0. The van der Waals surface area contributed by atoms with Crippen LogP contribution < -0.4 is 0 Å². The fourth-order valence-corrected chi connectivity index (χ4v) is 1.73. The third-order valence-electron chi connectivity index (χ3n) is 2.53. The SMILES string of the molecule is CCCC(=O)C(=O)OC1CCCCC1. The molecule has 0 heterocycles. The fourth-order valence-electron chi connectivity index (χ4n) is 1.73. The van der Waals surface area contributed by atoms with E-state index in [1.807, 2.05) is 6.92 Å². The van der Waals surface area contributed by atoms with Gasteiger partial charge in [-0.3, -0.25) is 4.79 Å². The third-order valence-corrected chi connectivity index (χ3v) is 2.53. The minimum Gasteiger partial charge on any atom is -0.457 e. The van der Waals surface area contributed by atoms with E-state index >= 15 is 0 Å². The van der Waals surface area contributed by atoms with Crippen LogP contribution in [-0.2, 0) is 14.3 Å². The van der Waals surface area contributed by atoms with Gasteiger partial charge in [-0.25, -0.2) is 4.79 Å². The molecule has 0 saturated heterocycles. The van der Waals surface area contributed by atoms with Crippen molar-refractivity contribution in [2.24, 2.45) is 0 Å². The summed E-state index contributed by atoms with van der Waals surface area (Å²) in [5, 5.41) is 0. The molecule has 0 aromatic heterocycles. The molecule has 0 aromatic rings. The van der Waals surface area contributed by atoms with Gasteiger partial charge in [0.1, 0.15) is 6.10 Å². The third kappa shape index (κ3) is 3.48. The largest absolute Gasteiger partial charge is 0.457 e. The molecule has 0 unspecified atom stereocenters. The van der Waals surface area contributed by atoms with Crippen molar-refractivity contribution in [3.63, 3.8) is 0 Å². The monoisotopic (exact) mass is 198 g/mol. The number of hydrogen-bond acceptors (Lipinski definition) is 3. The molecular weight excluding hydrogens is 180 g/mol. The summed E-state index contributed by atoms with van der Waals surface area (Å²) in [6, 6.07) is 0. The Morgan fingerprint density at radius 2 is 1.86 bits per heavy atom. The normalized spacial score (nSPS) is 17.8. The number of carbonyl (C=O) groups is 2. The standard InChI is InChI=1S/C11H18O3/c1-2-6-10(12)11(13)14-9-7-4-3-5-8-9/h9H,2-8H2,1H3. The van der Waals surface area contributed by atoms with Gasteiger partial charge >= 0.3 is 5.97 Å². The number of ether oxygens (including phenoxy) is 1. The van der Waals surface area contributed by atoms with Gasteiger partial charge < -0.3 is 4.74 Å². The van der Waals surface area contributed by atoms with Crippen molar-refractivity contribution in [2.75, 3.05) is 0 Å². The van der Waals surface area contributed by atoms with E-state index in [1.54, 1.807) is 0 Å². The van der Waals surface area contributed by atoms with Gasteiger partial charge in [-0.05, 0) is 32.1 Å². The molecule has 1 aliphatic carbocycles. The Bertz CT molecular complexity index is 205. The lowest BCUT2D eigenvalue weighted by atomic mass is 9.98. The van der Waals surface area contributed by atoms with Crippen molar-refractivity contribution in [3.8, 4) is 0 Å². The lowest BCUT2D eigenvalue weighted by molar-refractivity contribution is -0.159. The van der Waals surface area contributed by atoms with E-state index in [-0.39, 0.29) is 11.9 Å². The maximum Gasteiger partial charge on any atom is 0.374 e. The van der Waals surface area contributed by atoms with Crippen molar-refractivity contribution in [3.05, 3.63) is 0 Å².